The summed E-state index contributed by atoms with van der Waals surface area (Å²) in [6.07, 6.45) is -2.81. The number of carbonyl (C=O) groups is 7. The van der Waals surface area contributed by atoms with Gasteiger partial charge in [-0.25, -0.2) is 9.59 Å². The highest BCUT2D eigenvalue weighted by Crippen LogP contribution is 2.16. The molecule has 3 aromatic carbocycles. The van der Waals surface area contributed by atoms with E-state index in [9.17, 15) is 38.7 Å². The molecular weight excluding hydrogens is 785 g/mol. The van der Waals surface area contributed by atoms with Crippen LogP contribution in [0.5, 0.6) is 0 Å². The Hall–Kier alpha value is -6.29. The fourth-order valence-corrected chi connectivity index (χ4v) is 6.63. The summed E-state index contributed by atoms with van der Waals surface area (Å²) < 4.78 is 10.4. The van der Waals surface area contributed by atoms with Gasteiger partial charge in [0, 0.05) is 26.9 Å². The van der Waals surface area contributed by atoms with Crippen molar-refractivity contribution < 1.29 is 48.1 Å². The van der Waals surface area contributed by atoms with E-state index in [1.54, 1.807) is 54.6 Å². The summed E-state index contributed by atoms with van der Waals surface area (Å²) in [5, 5.41) is 19.7. The maximum absolute atomic E-state index is 13.9. The van der Waals surface area contributed by atoms with Gasteiger partial charge < -0.3 is 41.2 Å². The number of nitrogens with zero attached hydrogens (tertiary/aromatic N) is 2. The lowest BCUT2D eigenvalue weighted by atomic mass is 9.97. The van der Waals surface area contributed by atoms with Gasteiger partial charge >= 0.3 is 12.1 Å². The SMILES string of the molecule is COC(=O)[C@@H](Cc1ccccc1)N(C)C(=O)[C@H](C)NC(=O)[C@H](CC(C)C)NC(=O)C[C@H](O)[C@H](Cc1ccccc1)NC(=O)[C@H](CCC(N)=O)N(C)C(=O)OCc1ccccc1. The Morgan fingerprint density at radius 3 is 1.77 bits per heavy atom. The van der Waals surface area contributed by atoms with E-state index in [-0.39, 0.29) is 44.6 Å². The van der Waals surface area contributed by atoms with E-state index in [1.165, 1.54) is 33.0 Å². The van der Waals surface area contributed by atoms with Crippen LogP contribution in [0.1, 0.15) is 63.1 Å². The first-order valence-electron chi connectivity index (χ1n) is 20.2. The van der Waals surface area contributed by atoms with Crippen molar-refractivity contribution in [3.63, 3.8) is 0 Å². The number of aliphatic hydroxyl groups is 1. The van der Waals surface area contributed by atoms with Gasteiger partial charge in [-0.05, 0) is 48.8 Å². The van der Waals surface area contributed by atoms with Crippen LogP contribution in [0, 0.1) is 5.92 Å². The molecule has 6 N–H and O–H groups in total. The number of methoxy groups -OCH3 is 1. The van der Waals surface area contributed by atoms with E-state index in [2.05, 4.69) is 16.0 Å². The van der Waals surface area contributed by atoms with Gasteiger partial charge in [0.2, 0.25) is 29.5 Å². The molecule has 6 atom stereocenters. The molecule has 0 saturated carbocycles. The Morgan fingerprint density at radius 1 is 0.705 bits per heavy atom. The van der Waals surface area contributed by atoms with Gasteiger partial charge in [0.05, 0.1) is 25.7 Å². The van der Waals surface area contributed by atoms with E-state index in [0.717, 1.165) is 21.6 Å². The summed E-state index contributed by atoms with van der Waals surface area (Å²) >= 11 is 0. The summed E-state index contributed by atoms with van der Waals surface area (Å²) in [7, 11) is 4.03. The van der Waals surface area contributed by atoms with Gasteiger partial charge in [0.15, 0.2) is 0 Å². The number of rotatable bonds is 23. The monoisotopic (exact) mass is 844 g/mol. The maximum Gasteiger partial charge on any atom is 0.410 e. The molecule has 0 aromatic heterocycles. The molecule has 3 rings (SSSR count). The van der Waals surface area contributed by atoms with Crippen LogP contribution in [0.4, 0.5) is 4.79 Å². The molecule has 0 unspecified atom stereocenters. The molecule has 0 bridgehead atoms. The zero-order valence-electron chi connectivity index (χ0n) is 35.7. The number of carbonyl (C=O) groups excluding carboxylic acids is 7. The number of benzene rings is 3. The van der Waals surface area contributed by atoms with Gasteiger partial charge in [0.1, 0.15) is 30.8 Å². The zero-order valence-corrected chi connectivity index (χ0v) is 35.7. The number of likely N-dealkylation sites (N-methyl/N-ethyl adjacent to an activating group) is 2. The number of hydrogen-bond donors (Lipinski definition) is 5. The molecule has 16 heteroatoms. The quantitative estimate of drug-likeness (QED) is 0.0878. The lowest BCUT2D eigenvalue weighted by Gasteiger charge is -2.31. The van der Waals surface area contributed by atoms with Crippen LogP contribution in [-0.4, -0.2) is 114 Å². The van der Waals surface area contributed by atoms with Crippen molar-refractivity contribution in [2.75, 3.05) is 21.2 Å². The van der Waals surface area contributed by atoms with Gasteiger partial charge in [-0.2, -0.15) is 0 Å². The number of amides is 6. The highest BCUT2D eigenvalue weighted by molar-refractivity contribution is 5.93. The molecule has 0 aliphatic heterocycles. The summed E-state index contributed by atoms with van der Waals surface area (Å²) in [6, 6.07) is 21.4. The number of nitrogens with two attached hydrogens (primary N) is 1. The van der Waals surface area contributed by atoms with Crippen LogP contribution < -0.4 is 21.7 Å². The molecule has 0 fully saturated rings. The van der Waals surface area contributed by atoms with Crippen molar-refractivity contribution in [2.45, 2.75) is 102 Å². The molecule has 0 radical (unpaired) electrons. The summed E-state index contributed by atoms with van der Waals surface area (Å²) in [4.78, 5) is 94.6. The summed E-state index contributed by atoms with van der Waals surface area (Å²) in [6.45, 7) is 5.11. The molecule has 0 aliphatic carbocycles. The standard InChI is InChI=1S/C45H60N6O10/c1-29(2)24-35(41(55)47-30(3)43(57)50(4)37(44(58)60-6)26-32-18-12-8-13-19-32)48-40(54)27-38(52)34(25-31-16-10-7-11-17-31)49-42(56)36(22-23-39(46)53)51(5)45(59)61-28-33-20-14-9-15-21-33/h7-21,29-30,34-38,52H,22-28H2,1-6H3,(H2,46,53)(H,47,55)(H,48,54)(H,49,56)/t30-,34-,35-,36-,37+,38-/m0/s1. The van der Waals surface area contributed by atoms with Gasteiger partial charge in [0.25, 0.3) is 0 Å². The van der Waals surface area contributed by atoms with Crippen molar-refractivity contribution in [2.24, 2.45) is 11.7 Å². The van der Waals surface area contributed by atoms with Crippen molar-refractivity contribution in [1.82, 2.24) is 25.8 Å². The predicted octanol–water partition coefficient (Wildman–Crippen LogP) is 2.65. The normalized spacial score (nSPS) is 13.9. The number of aliphatic hydroxyl groups excluding tert-OH is 1. The Morgan fingerprint density at radius 2 is 1.25 bits per heavy atom. The highest BCUT2D eigenvalue weighted by atomic mass is 16.6. The Balaban J connectivity index is 1.75. The first-order chi connectivity index (χ1) is 29.0. The first-order valence-corrected chi connectivity index (χ1v) is 20.2. The van der Waals surface area contributed by atoms with Crippen LogP contribution in [0.15, 0.2) is 91.0 Å². The minimum absolute atomic E-state index is 0.0641. The zero-order chi connectivity index (χ0) is 45.1. The molecule has 0 spiro atoms. The van der Waals surface area contributed by atoms with Gasteiger partial charge in [-0.3, -0.25) is 28.9 Å². The largest absolute Gasteiger partial charge is 0.467 e. The lowest BCUT2D eigenvalue weighted by molar-refractivity contribution is -0.152. The molecule has 0 saturated heterocycles. The van der Waals surface area contributed by atoms with Crippen molar-refractivity contribution >= 4 is 41.6 Å². The van der Waals surface area contributed by atoms with E-state index in [0.29, 0.717) is 0 Å². The van der Waals surface area contributed by atoms with E-state index < -0.39 is 84.3 Å². The maximum atomic E-state index is 13.9. The number of hydrogen-bond acceptors (Lipinski definition) is 10. The fraction of sp³-hybridized carbons (Fsp3) is 0.444. The van der Waals surface area contributed by atoms with Crippen molar-refractivity contribution in [3.8, 4) is 0 Å². The van der Waals surface area contributed by atoms with E-state index in [1.807, 2.05) is 50.2 Å². The van der Waals surface area contributed by atoms with Crippen LogP contribution in [0.3, 0.4) is 0 Å². The second kappa shape index (κ2) is 24.7. The molecule has 61 heavy (non-hydrogen) atoms. The van der Waals surface area contributed by atoms with Gasteiger partial charge in [-0.15, -0.1) is 0 Å². The molecular formula is C45H60N6O10. The summed E-state index contributed by atoms with van der Waals surface area (Å²) in [5.41, 5.74) is 7.64. The van der Waals surface area contributed by atoms with E-state index in [4.69, 9.17) is 15.2 Å². The van der Waals surface area contributed by atoms with Crippen LogP contribution in [0.2, 0.25) is 0 Å². The molecule has 0 aliphatic rings. The third-order valence-electron chi connectivity index (χ3n) is 10.1. The van der Waals surface area contributed by atoms with Crippen LogP contribution >= 0.6 is 0 Å². The molecule has 3 aromatic rings. The van der Waals surface area contributed by atoms with Crippen molar-refractivity contribution in [3.05, 3.63) is 108 Å². The number of primary amides is 1. The number of nitrogens with one attached hydrogen (secondary N) is 3. The third-order valence-corrected chi connectivity index (χ3v) is 10.1. The summed E-state index contributed by atoms with van der Waals surface area (Å²) in [5.74, 6) is -4.05. The van der Waals surface area contributed by atoms with Crippen LogP contribution in [-0.2, 0) is 57.7 Å². The molecule has 330 valence electrons. The molecule has 6 amide bonds. The average molecular weight is 845 g/mol. The van der Waals surface area contributed by atoms with Gasteiger partial charge in [-0.1, -0.05) is 105 Å². The Labute approximate surface area is 357 Å². The fourth-order valence-electron chi connectivity index (χ4n) is 6.63. The number of esters is 1. The smallest absolute Gasteiger partial charge is 0.410 e. The number of ether oxygens (including phenoxy) is 2. The average Bonchev–Trinajstić information content (AvgIpc) is 3.24. The molecule has 0 heterocycles. The highest BCUT2D eigenvalue weighted by Gasteiger charge is 2.35. The molecule has 16 nitrogen and oxygen atoms in total. The van der Waals surface area contributed by atoms with Crippen LogP contribution in [0.25, 0.3) is 0 Å². The predicted molar refractivity (Wildman–Crippen MR) is 227 cm³/mol. The third kappa shape index (κ3) is 16.4. The first kappa shape index (κ1) is 49.1. The van der Waals surface area contributed by atoms with E-state index >= 15 is 0 Å². The second-order valence-electron chi connectivity index (χ2n) is 15.4. The minimum atomic E-state index is -1.49. The Bertz CT molecular complexity index is 1900. The Kier molecular flexibility index (Phi) is 19.9. The minimum Gasteiger partial charge on any atom is -0.467 e. The van der Waals surface area contributed by atoms with Crippen molar-refractivity contribution in [1.29, 1.82) is 0 Å². The second-order valence-corrected chi connectivity index (χ2v) is 15.4. The topological polar surface area (TPSA) is 227 Å². The lowest BCUT2D eigenvalue weighted by Crippen LogP contribution is -2.56.